The Morgan fingerprint density at radius 2 is 1.71 bits per heavy atom. The van der Waals surface area contributed by atoms with Crippen LogP contribution >= 0.6 is 0 Å². The van der Waals surface area contributed by atoms with Crippen LogP contribution in [0.1, 0.15) is 43.7 Å². The van der Waals surface area contributed by atoms with Crippen LogP contribution in [0, 0.1) is 0 Å². The largest absolute Gasteiger partial charge is 0.507 e. The predicted octanol–water partition coefficient (Wildman–Crippen LogP) is -0.0678. The van der Waals surface area contributed by atoms with Gasteiger partial charge in [-0.3, -0.25) is 19.2 Å². The summed E-state index contributed by atoms with van der Waals surface area (Å²) in [7, 11) is 1.17. The number of rotatable bonds is 10. The first-order chi connectivity index (χ1) is 19.4. The summed E-state index contributed by atoms with van der Waals surface area (Å²) < 4.78 is 33.8. The molecule has 5 atom stereocenters. The number of aromatic hydroxyl groups is 1. The van der Waals surface area contributed by atoms with Crippen LogP contribution in [0.5, 0.6) is 5.75 Å². The van der Waals surface area contributed by atoms with Gasteiger partial charge in [0.15, 0.2) is 18.5 Å². The number of methoxy groups -OCH3 is 1. The summed E-state index contributed by atoms with van der Waals surface area (Å²) in [5.74, 6) is -3.73. The predicted molar refractivity (Wildman–Crippen MR) is 133 cm³/mol. The lowest BCUT2D eigenvalue weighted by Crippen LogP contribution is -2.66. The molecule has 41 heavy (non-hydrogen) atoms. The molecule has 0 unspecified atom stereocenters. The summed E-state index contributed by atoms with van der Waals surface area (Å²) in [4.78, 5) is 59.5. The van der Waals surface area contributed by atoms with E-state index in [4.69, 9.17) is 23.7 Å². The number of carbonyl (C=O) groups is 5. The van der Waals surface area contributed by atoms with E-state index in [1.54, 1.807) is 0 Å². The lowest BCUT2D eigenvalue weighted by Gasteiger charge is -2.44. The number of aromatic nitrogens is 3. The first kappa shape index (κ1) is 31.0. The van der Waals surface area contributed by atoms with Crippen LogP contribution in [0.25, 0.3) is 5.69 Å². The number of nitrogens with one attached hydrogen (secondary N) is 1. The number of esters is 4. The number of phenolic OH excluding ortho intramolecular Hbond substituents is 1. The molecule has 1 aliphatic heterocycles. The fourth-order valence-electron chi connectivity index (χ4n) is 4.10. The Balaban J connectivity index is 1.94. The molecule has 16 nitrogen and oxygen atoms in total. The third-order valence-corrected chi connectivity index (χ3v) is 5.72. The van der Waals surface area contributed by atoms with Gasteiger partial charge < -0.3 is 38.8 Å². The minimum absolute atomic E-state index is 0.109. The number of amides is 1. The number of hydrogen-bond donors (Lipinski definition) is 2. The summed E-state index contributed by atoms with van der Waals surface area (Å²) in [6.07, 6.45) is -3.66. The second-order valence-electron chi connectivity index (χ2n) is 8.86. The molecular weight excluding hydrogens is 548 g/mol. The number of ether oxygens (including phenoxy) is 6. The Morgan fingerprint density at radius 1 is 1.02 bits per heavy atom. The summed E-state index contributed by atoms with van der Waals surface area (Å²) in [5.41, 5.74) is 0.574. The average molecular weight is 579 g/mol. The standard InChI is InChI=1S/C25H30N4O12/c1-12(30)27-21-23(40-15(4)33)22(39-14(3)32)20(11-37-13(2)31)41-25(21)38-10-17-9-26-28-29(17)16-6-7-19(34)18(8-16)24(35)36-5/h6-9,20-23,25,34H,10-11H2,1-5H3,(H,27,30)/t20-,21+,22-,23+,25-/m1/s1. The van der Waals surface area contributed by atoms with E-state index in [2.05, 4.69) is 20.4 Å². The zero-order chi connectivity index (χ0) is 30.3. The highest BCUT2D eigenvalue weighted by atomic mass is 16.7. The smallest absolute Gasteiger partial charge is 0.341 e. The molecule has 2 N–H and O–H groups in total. The lowest BCUT2D eigenvalue weighted by molar-refractivity contribution is -0.280. The van der Waals surface area contributed by atoms with Gasteiger partial charge in [0.25, 0.3) is 0 Å². The molecule has 16 heteroatoms. The van der Waals surface area contributed by atoms with Gasteiger partial charge in [0.05, 0.1) is 31.3 Å². The van der Waals surface area contributed by atoms with Crippen molar-refractivity contribution in [3.63, 3.8) is 0 Å². The number of hydrogen-bond acceptors (Lipinski definition) is 14. The Kier molecular flexibility index (Phi) is 10.3. The number of nitrogens with zero attached hydrogens (tertiary/aromatic N) is 3. The van der Waals surface area contributed by atoms with E-state index in [-0.39, 0.29) is 24.5 Å². The van der Waals surface area contributed by atoms with Crippen molar-refractivity contribution in [2.75, 3.05) is 13.7 Å². The van der Waals surface area contributed by atoms with Crippen LogP contribution in [-0.4, -0.2) is 94.2 Å². The van der Waals surface area contributed by atoms with E-state index in [0.717, 1.165) is 13.8 Å². The third-order valence-electron chi connectivity index (χ3n) is 5.72. The van der Waals surface area contributed by atoms with Crippen LogP contribution in [0.4, 0.5) is 0 Å². The average Bonchev–Trinajstić information content (AvgIpc) is 3.37. The fourth-order valence-corrected chi connectivity index (χ4v) is 4.10. The van der Waals surface area contributed by atoms with Crippen molar-refractivity contribution in [1.29, 1.82) is 0 Å². The van der Waals surface area contributed by atoms with Gasteiger partial charge in [0.1, 0.15) is 30.1 Å². The van der Waals surface area contributed by atoms with Crippen LogP contribution in [0.3, 0.4) is 0 Å². The zero-order valence-electron chi connectivity index (χ0n) is 22.9. The molecule has 0 bridgehead atoms. The summed E-state index contributed by atoms with van der Waals surface area (Å²) >= 11 is 0. The first-order valence-electron chi connectivity index (χ1n) is 12.2. The molecule has 1 aliphatic rings. The molecule has 0 radical (unpaired) electrons. The second-order valence-corrected chi connectivity index (χ2v) is 8.86. The van der Waals surface area contributed by atoms with Gasteiger partial charge in [-0.15, -0.1) is 5.10 Å². The van der Waals surface area contributed by atoms with Gasteiger partial charge in [0, 0.05) is 27.7 Å². The Labute approximate surface area is 233 Å². The van der Waals surface area contributed by atoms with Crippen LogP contribution in [0.2, 0.25) is 0 Å². The SMILES string of the molecule is COC(=O)c1cc(-n2nncc2CO[C@@H]2O[C@H](COC(C)=O)[C@@H](OC(C)=O)[C@@H](OC(C)=O)[C@@H]2NC(C)=O)ccc1O. The Hall–Kier alpha value is -4.57. The lowest BCUT2D eigenvalue weighted by atomic mass is 9.96. The van der Waals surface area contributed by atoms with Gasteiger partial charge in [-0.2, -0.15) is 0 Å². The molecule has 0 aliphatic carbocycles. The molecule has 1 fully saturated rings. The molecule has 2 heterocycles. The van der Waals surface area contributed by atoms with Crippen molar-refractivity contribution in [2.24, 2.45) is 0 Å². The van der Waals surface area contributed by atoms with Gasteiger partial charge in [-0.25, -0.2) is 9.48 Å². The normalized spacial score (nSPS) is 21.8. The second kappa shape index (κ2) is 13.7. The maximum absolute atomic E-state index is 12.1. The summed E-state index contributed by atoms with van der Waals surface area (Å²) in [5, 5.41) is 20.5. The van der Waals surface area contributed by atoms with Crippen molar-refractivity contribution < 1.29 is 57.5 Å². The van der Waals surface area contributed by atoms with Gasteiger partial charge in [0.2, 0.25) is 5.91 Å². The highest BCUT2D eigenvalue weighted by molar-refractivity contribution is 5.93. The van der Waals surface area contributed by atoms with E-state index < -0.39 is 60.4 Å². The molecule has 0 spiro atoms. The van der Waals surface area contributed by atoms with Crippen molar-refractivity contribution in [1.82, 2.24) is 20.3 Å². The topological polar surface area (TPSA) is 204 Å². The Bertz CT molecular complexity index is 1300. The van der Waals surface area contributed by atoms with E-state index in [1.165, 1.54) is 50.0 Å². The zero-order valence-corrected chi connectivity index (χ0v) is 22.9. The third kappa shape index (κ3) is 7.98. The summed E-state index contributed by atoms with van der Waals surface area (Å²) in [6.45, 7) is 4.02. The van der Waals surface area contributed by atoms with Gasteiger partial charge >= 0.3 is 23.9 Å². The molecular formula is C25H30N4O12. The monoisotopic (exact) mass is 578 g/mol. The molecule has 1 saturated heterocycles. The van der Waals surface area contributed by atoms with Gasteiger partial charge in [-0.05, 0) is 18.2 Å². The number of carbonyl (C=O) groups excluding carboxylic acids is 5. The van der Waals surface area contributed by atoms with E-state index in [9.17, 15) is 29.1 Å². The van der Waals surface area contributed by atoms with Crippen molar-refractivity contribution in [3.05, 3.63) is 35.7 Å². The van der Waals surface area contributed by atoms with E-state index in [1.807, 2.05) is 0 Å². The van der Waals surface area contributed by atoms with Crippen molar-refractivity contribution in [3.8, 4) is 11.4 Å². The molecule has 3 rings (SSSR count). The number of benzene rings is 1. The highest BCUT2D eigenvalue weighted by Crippen LogP contribution is 2.29. The van der Waals surface area contributed by atoms with E-state index in [0.29, 0.717) is 11.4 Å². The van der Waals surface area contributed by atoms with Crippen LogP contribution in [0.15, 0.2) is 24.4 Å². The van der Waals surface area contributed by atoms with Gasteiger partial charge in [-0.1, -0.05) is 5.21 Å². The molecule has 222 valence electrons. The van der Waals surface area contributed by atoms with Crippen LogP contribution in [-0.2, 0) is 54.2 Å². The number of phenols is 1. The summed E-state index contributed by atoms with van der Waals surface area (Å²) in [6, 6.07) is 2.93. The first-order valence-corrected chi connectivity index (χ1v) is 12.2. The van der Waals surface area contributed by atoms with Crippen molar-refractivity contribution in [2.45, 2.75) is 64.9 Å². The molecule has 2 aromatic rings. The molecule has 1 aromatic carbocycles. The van der Waals surface area contributed by atoms with Crippen LogP contribution < -0.4 is 5.32 Å². The minimum atomic E-state index is -1.32. The quantitative estimate of drug-likeness (QED) is 0.280. The maximum Gasteiger partial charge on any atom is 0.341 e. The van der Waals surface area contributed by atoms with E-state index >= 15 is 0 Å². The van der Waals surface area contributed by atoms with Crippen molar-refractivity contribution >= 4 is 29.8 Å². The molecule has 1 aromatic heterocycles. The maximum atomic E-state index is 12.1. The molecule has 0 saturated carbocycles. The molecule has 1 amide bonds. The Morgan fingerprint density at radius 3 is 2.32 bits per heavy atom. The fraction of sp³-hybridized carbons (Fsp3) is 0.480. The highest BCUT2D eigenvalue weighted by Gasteiger charge is 2.51. The minimum Gasteiger partial charge on any atom is -0.507 e.